The fraction of sp³-hybridized carbons (Fsp3) is 0.250. The lowest BCUT2D eigenvalue weighted by Gasteiger charge is -2.23. The molecule has 0 bridgehead atoms. The molecule has 0 fully saturated rings. The Labute approximate surface area is 151 Å². The van der Waals surface area contributed by atoms with Crippen LogP contribution < -0.4 is 15.4 Å². The summed E-state index contributed by atoms with van der Waals surface area (Å²) < 4.78 is 5.47. The minimum Gasteiger partial charge on any atom is -0.479 e. The topological polar surface area (TPSA) is 84.5 Å². The summed E-state index contributed by atoms with van der Waals surface area (Å²) in [4.78, 5) is 35.9. The van der Waals surface area contributed by atoms with E-state index in [4.69, 9.17) is 4.74 Å². The van der Waals surface area contributed by atoms with Crippen LogP contribution >= 0.6 is 0 Å². The number of benzene rings is 2. The highest BCUT2D eigenvalue weighted by Crippen LogP contribution is 2.32. The molecule has 1 aliphatic rings. The van der Waals surface area contributed by atoms with E-state index in [-0.39, 0.29) is 30.4 Å². The number of rotatable bonds is 5. The number of hydrogen-bond acceptors (Lipinski definition) is 4. The molecule has 2 amide bonds. The van der Waals surface area contributed by atoms with Gasteiger partial charge in [-0.2, -0.15) is 0 Å². The summed E-state index contributed by atoms with van der Waals surface area (Å²) in [7, 11) is 0. The van der Waals surface area contributed by atoms with Gasteiger partial charge in [0.1, 0.15) is 5.75 Å². The third kappa shape index (κ3) is 4.08. The van der Waals surface area contributed by atoms with Crippen LogP contribution in [0.5, 0.6) is 5.75 Å². The summed E-state index contributed by atoms with van der Waals surface area (Å²) in [6, 6.07) is 12.3. The fourth-order valence-corrected chi connectivity index (χ4v) is 2.62. The normalized spacial score (nSPS) is 15.5. The minimum absolute atomic E-state index is 0.0692. The minimum atomic E-state index is -0.546. The molecule has 1 heterocycles. The van der Waals surface area contributed by atoms with Gasteiger partial charge in [0.05, 0.1) is 5.69 Å². The SMILES string of the molecule is Cc1ccc(C(=O)CCC(=O)Nc2ccc3c(c2)NC(=O)[C@@H](C)O3)cc1. The predicted molar refractivity (Wildman–Crippen MR) is 98.5 cm³/mol. The number of Topliss-reactive ketones (excluding diaryl/α,β-unsaturated/α-hetero) is 1. The Morgan fingerprint density at radius 2 is 1.85 bits per heavy atom. The van der Waals surface area contributed by atoms with Gasteiger partial charge >= 0.3 is 0 Å². The average molecular weight is 352 g/mol. The van der Waals surface area contributed by atoms with Gasteiger partial charge in [0.25, 0.3) is 5.91 Å². The Balaban J connectivity index is 1.57. The molecule has 2 aromatic carbocycles. The van der Waals surface area contributed by atoms with Crippen molar-refractivity contribution in [2.45, 2.75) is 32.8 Å². The maximum Gasteiger partial charge on any atom is 0.265 e. The first-order valence-electron chi connectivity index (χ1n) is 8.43. The number of carbonyl (C=O) groups is 3. The summed E-state index contributed by atoms with van der Waals surface area (Å²) in [5, 5.41) is 5.47. The Bertz CT molecular complexity index is 859. The Morgan fingerprint density at radius 1 is 1.12 bits per heavy atom. The van der Waals surface area contributed by atoms with Gasteiger partial charge in [-0.1, -0.05) is 29.8 Å². The number of hydrogen-bond donors (Lipinski definition) is 2. The number of amides is 2. The lowest BCUT2D eigenvalue weighted by atomic mass is 10.0. The Morgan fingerprint density at radius 3 is 2.58 bits per heavy atom. The van der Waals surface area contributed by atoms with Crippen molar-refractivity contribution in [2.24, 2.45) is 0 Å². The second-order valence-corrected chi connectivity index (χ2v) is 6.30. The first-order valence-corrected chi connectivity index (χ1v) is 8.43. The molecule has 3 rings (SSSR count). The largest absolute Gasteiger partial charge is 0.479 e. The van der Waals surface area contributed by atoms with E-state index in [1.165, 1.54) is 0 Å². The van der Waals surface area contributed by atoms with Crippen LogP contribution in [0, 0.1) is 6.92 Å². The van der Waals surface area contributed by atoms with E-state index >= 15 is 0 Å². The summed E-state index contributed by atoms with van der Waals surface area (Å²) in [6.07, 6.45) is -0.323. The van der Waals surface area contributed by atoms with E-state index in [9.17, 15) is 14.4 Å². The van der Waals surface area contributed by atoms with Gasteiger partial charge in [0.2, 0.25) is 5.91 Å². The van der Waals surface area contributed by atoms with E-state index in [1.807, 2.05) is 19.1 Å². The van der Waals surface area contributed by atoms with Crippen LogP contribution in [-0.4, -0.2) is 23.7 Å². The number of aryl methyl sites for hydroxylation is 1. The number of nitrogens with one attached hydrogen (secondary N) is 2. The summed E-state index contributed by atoms with van der Waals surface area (Å²) in [6.45, 7) is 3.62. The summed E-state index contributed by atoms with van der Waals surface area (Å²) in [5.74, 6) is -0.00334. The molecule has 0 saturated carbocycles. The maximum atomic E-state index is 12.1. The standard InChI is InChI=1S/C20H20N2O4/c1-12-3-5-14(6-4-12)17(23)8-10-19(24)21-15-7-9-18-16(11-15)22-20(25)13(2)26-18/h3-7,9,11,13H,8,10H2,1-2H3,(H,21,24)(H,22,25)/t13-/m1/s1. The molecule has 1 atom stereocenters. The van der Waals surface area contributed by atoms with E-state index in [2.05, 4.69) is 10.6 Å². The lowest BCUT2D eigenvalue weighted by Crippen LogP contribution is -2.34. The average Bonchev–Trinajstić information content (AvgIpc) is 2.61. The quantitative estimate of drug-likeness (QED) is 0.809. The highest BCUT2D eigenvalue weighted by molar-refractivity contribution is 6.01. The summed E-state index contributed by atoms with van der Waals surface area (Å²) in [5.41, 5.74) is 2.74. The van der Waals surface area contributed by atoms with E-state index in [0.717, 1.165) is 5.56 Å². The Kier molecular flexibility index (Phi) is 5.02. The molecule has 0 saturated heterocycles. The van der Waals surface area contributed by atoms with Gasteiger partial charge in [-0.15, -0.1) is 0 Å². The molecule has 0 aliphatic carbocycles. The number of ether oxygens (including phenoxy) is 1. The smallest absolute Gasteiger partial charge is 0.265 e. The van der Waals surface area contributed by atoms with E-state index in [1.54, 1.807) is 37.3 Å². The molecule has 26 heavy (non-hydrogen) atoms. The van der Waals surface area contributed by atoms with Gasteiger partial charge in [-0.05, 0) is 32.0 Å². The number of carbonyl (C=O) groups excluding carboxylic acids is 3. The fourth-order valence-electron chi connectivity index (χ4n) is 2.62. The van der Waals surface area contributed by atoms with Gasteiger partial charge < -0.3 is 15.4 Å². The van der Waals surface area contributed by atoms with E-state index in [0.29, 0.717) is 22.7 Å². The Hall–Kier alpha value is -3.15. The van der Waals surface area contributed by atoms with Crippen LogP contribution in [0.4, 0.5) is 11.4 Å². The molecular weight excluding hydrogens is 332 g/mol. The molecule has 2 N–H and O–H groups in total. The zero-order valence-electron chi connectivity index (χ0n) is 14.7. The van der Waals surface area contributed by atoms with Crippen molar-refractivity contribution in [1.82, 2.24) is 0 Å². The van der Waals surface area contributed by atoms with Crippen molar-refractivity contribution in [1.29, 1.82) is 0 Å². The van der Waals surface area contributed by atoms with Crippen LogP contribution in [0.25, 0.3) is 0 Å². The van der Waals surface area contributed by atoms with E-state index < -0.39 is 6.10 Å². The van der Waals surface area contributed by atoms with Crippen LogP contribution in [0.3, 0.4) is 0 Å². The second kappa shape index (κ2) is 7.39. The van der Waals surface area contributed by atoms with Gasteiger partial charge in [-0.3, -0.25) is 14.4 Å². The molecule has 134 valence electrons. The molecule has 0 unspecified atom stereocenters. The van der Waals surface area contributed by atoms with Crippen molar-refractivity contribution >= 4 is 29.0 Å². The number of fused-ring (bicyclic) bond motifs is 1. The molecule has 6 nitrogen and oxygen atoms in total. The van der Waals surface area contributed by atoms with Crippen molar-refractivity contribution in [3.63, 3.8) is 0 Å². The second-order valence-electron chi connectivity index (χ2n) is 6.30. The van der Waals surface area contributed by atoms with Crippen LogP contribution in [0.15, 0.2) is 42.5 Å². The molecule has 1 aliphatic heterocycles. The van der Waals surface area contributed by atoms with Crippen molar-refractivity contribution < 1.29 is 19.1 Å². The van der Waals surface area contributed by atoms with Crippen molar-refractivity contribution in [3.8, 4) is 5.75 Å². The monoisotopic (exact) mass is 352 g/mol. The molecule has 2 aromatic rings. The van der Waals surface area contributed by atoms with Crippen LogP contribution in [0.2, 0.25) is 0 Å². The van der Waals surface area contributed by atoms with Gasteiger partial charge in [-0.25, -0.2) is 0 Å². The zero-order valence-corrected chi connectivity index (χ0v) is 14.7. The highest BCUT2D eigenvalue weighted by Gasteiger charge is 2.23. The molecule has 6 heteroatoms. The lowest BCUT2D eigenvalue weighted by molar-refractivity contribution is -0.122. The van der Waals surface area contributed by atoms with Crippen molar-refractivity contribution in [2.75, 3.05) is 10.6 Å². The number of anilines is 2. The number of ketones is 1. The molecule has 0 aromatic heterocycles. The molecule has 0 radical (unpaired) electrons. The first-order chi connectivity index (χ1) is 12.4. The molecular formula is C20H20N2O4. The first kappa shape index (κ1) is 17.7. The summed E-state index contributed by atoms with van der Waals surface area (Å²) >= 11 is 0. The zero-order chi connectivity index (χ0) is 18.7. The van der Waals surface area contributed by atoms with Gasteiger partial charge in [0, 0.05) is 24.1 Å². The third-order valence-electron chi connectivity index (χ3n) is 4.15. The van der Waals surface area contributed by atoms with Crippen LogP contribution in [-0.2, 0) is 9.59 Å². The predicted octanol–water partition coefficient (Wildman–Crippen LogP) is 3.32. The maximum absolute atomic E-state index is 12.1. The van der Waals surface area contributed by atoms with Gasteiger partial charge in [0.15, 0.2) is 11.9 Å². The van der Waals surface area contributed by atoms with Crippen molar-refractivity contribution in [3.05, 3.63) is 53.6 Å². The van der Waals surface area contributed by atoms with Crippen LogP contribution in [0.1, 0.15) is 35.7 Å². The molecule has 0 spiro atoms. The highest BCUT2D eigenvalue weighted by atomic mass is 16.5. The third-order valence-corrected chi connectivity index (χ3v) is 4.15.